The van der Waals surface area contributed by atoms with Crippen molar-refractivity contribution in [2.75, 3.05) is 0 Å². The molecule has 0 N–H and O–H groups in total. The van der Waals surface area contributed by atoms with Gasteiger partial charge in [-0.25, -0.2) is 4.68 Å². The fraction of sp³-hybridized carbons (Fsp3) is 0.783. The number of hydrogen-bond donors (Lipinski definition) is 0. The van der Waals surface area contributed by atoms with Crippen LogP contribution in [0.1, 0.15) is 72.1 Å². The summed E-state index contributed by atoms with van der Waals surface area (Å²) >= 11 is 0. The standard InChI is InChI=1S/C23H33N3O2/c1-15(27)28-17-8-10-22(2)16(14-17)4-5-18-19-6-7-21(26-13-12-24-25-26)23(19,3)11-9-20(18)22/h7,12-13,16-20H,4-6,8-11,14H2,1-3H3/t16-,17-,18-,19-,20-,22-,23-/m0/s1. The lowest BCUT2D eigenvalue weighted by Gasteiger charge is -2.60. The van der Waals surface area contributed by atoms with Gasteiger partial charge >= 0.3 is 5.97 Å². The van der Waals surface area contributed by atoms with Crippen LogP contribution in [0.15, 0.2) is 18.5 Å². The number of carbonyl (C=O) groups excluding carboxylic acids is 1. The predicted molar refractivity (Wildman–Crippen MR) is 107 cm³/mol. The molecule has 7 atom stereocenters. The molecule has 4 aliphatic rings. The molecule has 5 heteroatoms. The molecule has 0 saturated heterocycles. The van der Waals surface area contributed by atoms with Crippen LogP contribution >= 0.6 is 0 Å². The number of ether oxygens (including phenoxy) is 1. The Hall–Kier alpha value is -1.65. The highest BCUT2D eigenvalue weighted by atomic mass is 16.5. The molecule has 152 valence electrons. The van der Waals surface area contributed by atoms with E-state index in [1.54, 1.807) is 13.1 Å². The molecule has 0 unspecified atom stereocenters. The van der Waals surface area contributed by atoms with Crippen molar-refractivity contribution in [1.29, 1.82) is 0 Å². The molecule has 5 rings (SSSR count). The quantitative estimate of drug-likeness (QED) is 0.695. The van der Waals surface area contributed by atoms with Gasteiger partial charge in [0.1, 0.15) is 6.10 Å². The maximum absolute atomic E-state index is 11.4. The number of nitrogens with zero attached hydrogens (tertiary/aromatic N) is 3. The van der Waals surface area contributed by atoms with Gasteiger partial charge in [0, 0.05) is 18.0 Å². The number of hydrogen-bond acceptors (Lipinski definition) is 4. The number of fused-ring (bicyclic) bond motifs is 5. The zero-order valence-corrected chi connectivity index (χ0v) is 17.4. The van der Waals surface area contributed by atoms with Gasteiger partial charge in [-0.2, -0.15) is 0 Å². The zero-order chi connectivity index (χ0) is 19.5. The average Bonchev–Trinajstić information content (AvgIpc) is 3.28. The Morgan fingerprint density at radius 3 is 2.79 bits per heavy atom. The van der Waals surface area contributed by atoms with Gasteiger partial charge in [0.15, 0.2) is 0 Å². The molecule has 1 aromatic rings. The second-order valence-electron chi connectivity index (χ2n) is 10.3. The molecule has 0 radical (unpaired) electrons. The fourth-order valence-corrected chi connectivity index (χ4v) is 7.80. The molecule has 3 fully saturated rings. The van der Waals surface area contributed by atoms with Crippen LogP contribution in [0.25, 0.3) is 5.70 Å². The van der Waals surface area contributed by atoms with Crippen molar-refractivity contribution in [3.63, 3.8) is 0 Å². The highest BCUT2D eigenvalue weighted by molar-refractivity contribution is 5.66. The van der Waals surface area contributed by atoms with E-state index in [-0.39, 0.29) is 17.5 Å². The average molecular weight is 384 g/mol. The van der Waals surface area contributed by atoms with Crippen LogP contribution in [0.3, 0.4) is 0 Å². The summed E-state index contributed by atoms with van der Waals surface area (Å²) in [5.41, 5.74) is 2.02. The largest absolute Gasteiger partial charge is 0.463 e. The Balaban J connectivity index is 1.37. The Bertz CT molecular complexity index is 788. The van der Waals surface area contributed by atoms with Crippen molar-refractivity contribution < 1.29 is 9.53 Å². The van der Waals surface area contributed by atoms with Gasteiger partial charge in [-0.15, -0.1) is 5.10 Å². The Morgan fingerprint density at radius 1 is 1.18 bits per heavy atom. The van der Waals surface area contributed by atoms with Crippen LogP contribution in [-0.4, -0.2) is 27.1 Å². The molecule has 0 aromatic carbocycles. The van der Waals surface area contributed by atoms with Gasteiger partial charge in [-0.1, -0.05) is 25.1 Å². The van der Waals surface area contributed by atoms with E-state index in [1.165, 1.54) is 44.2 Å². The number of rotatable bonds is 2. The summed E-state index contributed by atoms with van der Waals surface area (Å²) in [7, 11) is 0. The van der Waals surface area contributed by atoms with Crippen molar-refractivity contribution in [1.82, 2.24) is 15.0 Å². The first-order chi connectivity index (χ1) is 13.4. The molecule has 0 aliphatic heterocycles. The van der Waals surface area contributed by atoms with Gasteiger partial charge in [0.2, 0.25) is 0 Å². The van der Waals surface area contributed by atoms with Crippen LogP contribution in [0.5, 0.6) is 0 Å². The third kappa shape index (κ3) is 2.61. The van der Waals surface area contributed by atoms with E-state index in [0.29, 0.717) is 11.3 Å². The van der Waals surface area contributed by atoms with Crippen molar-refractivity contribution in [3.05, 3.63) is 18.5 Å². The maximum atomic E-state index is 11.4. The lowest BCUT2D eigenvalue weighted by molar-refractivity contribution is -0.158. The summed E-state index contributed by atoms with van der Waals surface area (Å²) in [6.07, 6.45) is 16.1. The molecular weight excluding hydrogens is 350 g/mol. The van der Waals surface area contributed by atoms with Crippen molar-refractivity contribution in [3.8, 4) is 0 Å². The van der Waals surface area contributed by atoms with Gasteiger partial charge in [-0.3, -0.25) is 4.79 Å². The lowest BCUT2D eigenvalue weighted by atomic mass is 9.45. The third-order valence-electron chi connectivity index (χ3n) is 9.16. The maximum Gasteiger partial charge on any atom is 0.302 e. The van der Waals surface area contributed by atoms with E-state index in [2.05, 4.69) is 30.2 Å². The molecular formula is C23H33N3O2. The van der Waals surface area contributed by atoms with E-state index in [0.717, 1.165) is 30.6 Å². The van der Waals surface area contributed by atoms with Crippen LogP contribution in [0.4, 0.5) is 0 Å². The minimum Gasteiger partial charge on any atom is -0.463 e. The smallest absolute Gasteiger partial charge is 0.302 e. The van der Waals surface area contributed by atoms with E-state index in [9.17, 15) is 4.79 Å². The first-order valence-electron chi connectivity index (χ1n) is 11.2. The highest BCUT2D eigenvalue weighted by Crippen LogP contribution is 2.66. The molecule has 5 nitrogen and oxygen atoms in total. The molecule has 1 heterocycles. The molecule has 1 aromatic heterocycles. The van der Waals surface area contributed by atoms with Gasteiger partial charge in [-0.05, 0) is 80.5 Å². The van der Waals surface area contributed by atoms with E-state index in [1.807, 2.05) is 10.9 Å². The highest BCUT2D eigenvalue weighted by Gasteiger charge is 2.59. The number of allylic oxidation sites excluding steroid dienone is 2. The number of carbonyl (C=O) groups is 1. The fourth-order valence-electron chi connectivity index (χ4n) is 7.80. The summed E-state index contributed by atoms with van der Waals surface area (Å²) in [5.74, 6) is 2.94. The normalized spacial score (nSPS) is 44.8. The first-order valence-corrected chi connectivity index (χ1v) is 11.2. The molecule has 28 heavy (non-hydrogen) atoms. The van der Waals surface area contributed by atoms with Gasteiger partial charge < -0.3 is 4.74 Å². The molecule has 0 spiro atoms. The monoisotopic (exact) mass is 383 g/mol. The summed E-state index contributed by atoms with van der Waals surface area (Å²) < 4.78 is 7.61. The van der Waals surface area contributed by atoms with Crippen LogP contribution in [-0.2, 0) is 9.53 Å². The minimum absolute atomic E-state index is 0.117. The van der Waals surface area contributed by atoms with Gasteiger partial charge in [0.05, 0.1) is 12.4 Å². The molecule has 3 saturated carbocycles. The minimum atomic E-state index is -0.117. The predicted octanol–water partition coefficient (Wildman–Crippen LogP) is 4.70. The lowest BCUT2D eigenvalue weighted by Crippen LogP contribution is -2.54. The topological polar surface area (TPSA) is 57.0 Å². The summed E-state index contributed by atoms with van der Waals surface area (Å²) in [6, 6.07) is 0. The summed E-state index contributed by atoms with van der Waals surface area (Å²) in [4.78, 5) is 11.4. The van der Waals surface area contributed by atoms with Crippen LogP contribution in [0, 0.1) is 34.5 Å². The second kappa shape index (κ2) is 6.43. The van der Waals surface area contributed by atoms with E-state index < -0.39 is 0 Å². The summed E-state index contributed by atoms with van der Waals surface area (Å²) in [6.45, 7) is 6.58. The second-order valence-corrected chi connectivity index (χ2v) is 10.3. The Labute approximate surface area is 167 Å². The van der Waals surface area contributed by atoms with Crippen molar-refractivity contribution >= 4 is 11.7 Å². The van der Waals surface area contributed by atoms with Crippen LogP contribution in [0.2, 0.25) is 0 Å². The molecule has 0 amide bonds. The van der Waals surface area contributed by atoms with E-state index >= 15 is 0 Å². The Morgan fingerprint density at radius 2 is 2.04 bits per heavy atom. The number of aromatic nitrogens is 3. The number of esters is 1. The van der Waals surface area contributed by atoms with Crippen molar-refractivity contribution in [2.24, 2.45) is 34.5 Å². The van der Waals surface area contributed by atoms with E-state index in [4.69, 9.17) is 4.74 Å². The Kier molecular flexibility index (Phi) is 4.22. The van der Waals surface area contributed by atoms with Crippen molar-refractivity contribution in [2.45, 2.75) is 78.2 Å². The zero-order valence-electron chi connectivity index (χ0n) is 17.4. The summed E-state index contributed by atoms with van der Waals surface area (Å²) in [5, 5.41) is 8.35. The molecule has 0 bridgehead atoms. The molecule has 4 aliphatic carbocycles. The van der Waals surface area contributed by atoms with Crippen LogP contribution < -0.4 is 0 Å². The first kappa shape index (κ1) is 18.4. The SMILES string of the molecule is CC(=O)O[C@H]1CC[C@@]2(C)[C@@H](CC[C@@H]3[C@@H]2CC[C@]2(C)C(n4ccnn4)=CC[C@@H]32)C1. The van der Waals surface area contributed by atoms with Gasteiger partial charge in [0.25, 0.3) is 0 Å². The third-order valence-corrected chi connectivity index (χ3v) is 9.16.